The molecule has 0 atom stereocenters. The van der Waals surface area contributed by atoms with Gasteiger partial charge >= 0.3 is 5.69 Å². The molecule has 1 aliphatic rings. The van der Waals surface area contributed by atoms with Crippen LogP contribution in [0.4, 0.5) is 0 Å². The first-order chi connectivity index (χ1) is 16.1. The zero-order valence-electron chi connectivity index (χ0n) is 18.1. The normalized spacial score (nSPS) is 13.1. The number of hydrogen-bond acceptors (Lipinski definition) is 2. The lowest BCUT2D eigenvalue weighted by Crippen LogP contribution is -2.32. The second-order valence-electron chi connectivity index (χ2n) is 8.37. The van der Waals surface area contributed by atoms with Gasteiger partial charge in [-0.2, -0.15) is 0 Å². The summed E-state index contributed by atoms with van der Waals surface area (Å²) in [6, 6.07) is 25.9. The third-order valence-electron chi connectivity index (χ3n) is 5.91. The van der Waals surface area contributed by atoms with Crippen LogP contribution >= 0.6 is 11.6 Å². The molecule has 6 heteroatoms. The number of carbonyl (C=O) groups is 1. The summed E-state index contributed by atoms with van der Waals surface area (Å²) in [7, 11) is 0. The first-order valence-electron chi connectivity index (χ1n) is 11.1. The highest BCUT2D eigenvalue weighted by Crippen LogP contribution is 2.37. The molecule has 0 aliphatic heterocycles. The minimum absolute atomic E-state index is 0.0127. The molecule has 3 aromatic carbocycles. The van der Waals surface area contributed by atoms with E-state index in [1.54, 1.807) is 10.8 Å². The number of carbonyl (C=O) groups excluding carboxylic acids is 1. The summed E-state index contributed by atoms with van der Waals surface area (Å²) < 4.78 is 3.30. The highest BCUT2D eigenvalue weighted by molar-refractivity contribution is 6.30. The van der Waals surface area contributed by atoms with Crippen LogP contribution in [0.3, 0.4) is 0 Å². The fourth-order valence-corrected chi connectivity index (χ4v) is 4.12. The van der Waals surface area contributed by atoms with E-state index < -0.39 is 0 Å². The Morgan fingerprint density at radius 3 is 2.18 bits per heavy atom. The van der Waals surface area contributed by atoms with Gasteiger partial charge in [-0.25, -0.2) is 4.79 Å². The number of aromatic nitrogens is 2. The molecule has 4 aromatic rings. The molecule has 0 saturated heterocycles. The van der Waals surface area contributed by atoms with Crippen molar-refractivity contribution < 1.29 is 4.79 Å². The van der Waals surface area contributed by atoms with Gasteiger partial charge in [0, 0.05) is 23.8 Å². The van der Waals surface area contributed by atoms with Crippen molar-refractivity contribution in [2.75, 3.05) is 0 Å². The molecule has 1 fully saturated rings. The summed E-state index contributed by atoms with van der Waals surface area (Å²) >= 11 is 6.02. The fraction of sp³-hybridized carbons (Fsp3) is 0.185. The Morgan fingerprint density at radius 2 is 1.52 bits per heavy atom. The van der Waals surface area contributed by atoms with Gasteiger partial charge in [0.2, 0.25) is 5.91 Å². The van der Waals surface area contributed by atoms with Crippen molar-refractivity contribution in [3.63, 3.8) is 0 Å². The molecule has 1 amide bonds. The van der Waals surface area contributed by atoms with Crippen molar-refractivity contribution in [1.29, 1.82) is 0 Å². The minimum atomic E-state index is -0.195. The van der Waals surface area contributed by atoms with Gasteiger partial charge in [-0.1, -0.05) is 78.3 Å². The number of halogens is 1. The van der Waals surface area contributed by atoms with Crippen LogP contribution in [0.25, 0.3) is 22.4 Å². The van der Waals surface area contributed by atoms with Crippen molar-refractivity contribution in [2.45, 2.75) is 32.0 Å². The van der Waals surface area contributed by atoms with Gasteiger partial charge in [-0.05, 0) is 47.2 Å². The molecule has 0 unspecified atom stereocenters. The fourth-order valence-electron chi connectivity index (χ4n) is 4.00. The molecule has 1 aliphatic carbocycles. The van der Waals surface area contributed by atoms with E-state index in [-0.39, 0.29) is 24.2 Å². The van der Waals surface area contributed by atoms with Crippen LogP contribution in [-0.2, 0) is 17.9 Å². The molecular formula is C27H24ClN3O2. The maximum atomic E-state index is 13.0. The number of hydrogen-bond donors (Lipinski definition) is 1. The molecule has 1 aromatic heterocycles. The van der Waals surface area contributed by atoms with E-state index in [1.165, 1.54) is 4.57 Å². The lowest BCUT2D eigenvalue weighted by molar-refractivity contribution is -0.121. The maximum absolute atomic E-state index is 13.0. The van der Waals surface area contributed by atoms with Crippen molar-refractivity contribution in [2.24, 2.45) is 0 Å². The summed E-state index contributed by atoms with van der Waals surface area (Å²) in [4.78, 5) is 25.6. The summed E-state index contributed by atoms with van der Waals surface area (Å²) in [6.07, 6.45) is 3.74. The first kappa shape index (κ1) is 21.3. The van der Waals surface area contributed by atoms with Crippen molar-refractivity contribution in [3.8, 4) is 22.4 Å². The van der Waals surface area contributed by atoms with E-state index in [2.05, 4.69) is 29.6 Å². The van der Waals surface area contributed by atoms with Gasteiger partial charge in [0.05, 0.1) is 5.69 Å². The SMILES string of the molecule is O=C(Cn1cc(-c2ccc(Cl)cc2)n(C2CC2)c1=O)NCc1ccc(-c2ccccc2)cc1. The van der Waals surface area contributed by atoms with Crippen LogP contribution < -0.4 is 11.0 Å². The summed E-state index contributed by atoms with van der Waals surface area (Å²) in [5.41, 5.74) is 4.89. The predicted octanol–water partition coefficient (Wildman–Crippen LogP) is 5.29. The van der Waals surface area contributed by atoms with Crippen LogP contribution in [0.15, 0.2) is 89.9 Å². The number of nitrogens with zero attached hydrogens (tertiary/aromatic N) is 2. The van der Waals surface area contributed by atoms with Crippen LogP contribution in [0.5, 0.6) is 0 Å². The lowest BCUT2D eigenvalue weighted by atomic mass is 10.0. The largest absolute Gasteiger partial charge is 0.350 e. The van der Waals surface area contributed by atoms with Crippen molar-refractivity contribution in [1.82, 2.24) is 14.5 Å². The molecule has 0 radical (unpaired) electrons. The number of rotatable bonds is 7. The average Bonchev–Trinajstić information content (AvgIpc) is 3.63. The van der Waals surface area contributed by atoms with E-state index in [4.69, 9.17) is 11.6 Å². The summed E-state index contributed by atoms with van der Waals surface area (Å²) in [6.45, 7) is 0.400. The molecular weight excluding hydrogens is 434 g/mol. The van der Waals surface area contributed by atoms with Crippen LogP contribution in [0, 0.1) is 0 Å². The van der Waals surface area contributed by atoms with Crippen LogP contribution in [-0.4, -0.2) is 15.0 Å². The van der Waals surface area contributed by atoms with Gasteiger partial charge in [0.15, 0.2) is 0 Å². The number of nitrogens with one attached hydrogen (secondary N) is 1. The molecule has 5 rings (SSSR count). The number of imidazole rings is 1. The van der Waals surface area contributed by atoms with Gasteiger partial charge in [-0.3, -0.25) is 13.9 Å². The van der Waals surface area contributed by atoms with E-state index in [0.29, 0.717) is 11.6 Å². The van der Waals surface area contributed by atoms with Gasteiger partial charge in [0.25, 0.3) is 0 Å². The molecule has 5 nitrogen and oxygen atoms in total. The van der Waals surface area contributed by atoms with E-state index in [9.17, 15) is 9.59 Å². The maximum Gasteiger partial charge on any atom is 0.329 e. The lowest BCUT2D eigenvalue weighted by Gasteiger charge is -2.07. The third kappa shape index (κ3) is 4.78. The molecule has 33 heavy (non-hydrogen) atoms. The first-order valence-corrected chi connectivity index (χ1v) is 11.4. The van der Waals surface area contributed by atoms with Crippen LogP contribution in [0.1, 0.15) is 24.4 Å². The van der Waals surface area contributed by atoms with Gasteiger partial charge in [0.1, 0.15) is 6.54 Å². The zero-order chi connectivity index (χ0) is 22.8. The molecule has 0 bridgehead atoms. The Hall–Kier alpha value is -3.57. The predicted molar refractivity (Wildman–Crippen MR) is 131 cm³/mol. The summed E-state index contributed by atoms with van der Waals surface area (Å²) in [5.74, 6) is -0.195. The monoisotopic (exact) mass is 457 g/mol. The molecule has 1 heterocycles. The molecule has 1 N–H and O–H groups in total. The minimum Gasteiger partial charge on any atom is -0.350 e. The smallest absolute Gasteiger partial charge is 0.329 e. The second kappa shape index (κ2) is 9.12. The Kier molecular flexibility index (Phi) is 5.88. The average molecular weight is 458 g/mol. The number of amides is 1. The Bertz CT molecular complexity index is 1320. The second-order valence-corrected chi connectivity index (χ2v) is 8.81. The van der Waals surface area contributed by atoms with Crippen molar-refractivity contribution in [3.05, 3.63) is 106 Å². The highest BCUT2D eigenvalue weighted by atomic mass is 35.5. The number of benzene rings is 3. The Labute approximate surface area is 197 Å². The highest BCUT2D eigenvalue weighted by Gasteiger charge is 2.29. The standard InChI is InChI=1S/C27H24ClN3O2/c28-23-12-10-22(11-13-23)25-17-30(27(33)31(25)24-14-15-24)18-26(32)29-16-19-6-8-21(9-7-19)20-4-2-1-3-5-20/h1-13,17,24H,14-16,18H2,(H,29,32). The van der Waals surface area contributed by atoms with E-state index >= 15 is 0 Å². The Balaban J connectivity index is 1.27. The van der Waals surface area contributed by atoms with Crippen LogP contribution in [0.2, 0.25) is 5.02 Å². The topological polar surface area (TPSA) is 56.0 Å². The molecule has 0 spiro atoms. The van der Waals surface area contributed by atoms with Crippen molar-refractivity contribution >= 4 is 17.5 Å². The molecule has 166 valence electrons. The Morgan fingerprint density at radius 1 is 0.879 bits per heavy atom. The zero-order valence-corrected chi connectivity index (χ0v) is 18.8. The molecule has 1 saturated carbocycles. The van der Waals surface area contributed by atoms with E-state index in [1.807, 2.05) is 54.6 Å². The third-order valence-corrected chi connectivity index (χ3v) is 6.16. The van der Waals surface area contributed by atoms with E-state index in [0.717, 1.165) is 40.8 Å². The van der Waals surface area contributed by atoms with Gasteiger partial charge in [-0.15, -0.1) is 0 Å². The quantitative estimate of drug-likeness (QED) is 0.410. The summed E-state index contributed by atoms with van der Waals surface area (Å²) in [5, 5.41) is 3.58. The van der Waals surface area contributed by atoms with Gasteiger partial charge < -0.3 is 5.32 Å².